The second-order valence-electron chi connectivity index (χ2n) is 7.92. The predicted octanol–water partition coefficient (Wildman–Crippen LogP) is 3.25. The van der Waals surface area contributed by atoms with Crippen LogP contribution in [-0.2, 0) is 0 Å². The number of amides is 2. The second-order valence-corrected chi connectivity index (χ2v) is 9.29. The number of aliphatic hydroxyl groups excluding tert-OH is 1. The Hall–Kier alpha value is -3.15. The molecule has 12 heteroatoms. The van der Waals surface area contributed by atoms with E-state index in [-0.39, 0.29) is 38.9 Å². The van der Waals surface area contributed by atoms with Crippen LogP contribution in [0.5, 0.6) is 5.75 Å². The van der Waals surface area contributed by atoms with Gasteiger partial charge >= 0.3 is 0 Å². The molecule has 3 aromatic rings. The van der Waals surface area contributed by atoms with Crippen molar-refractivity contribution in [3.8, 4) is 16.9 Å². The Labute approximate surface area is 204 Å². The molecule has 0 radical (unpaired) electrons. The summed E-state index contributed by atoms with van der Waals surface area (Å²) in [6, 6.07) is 3.36. The molecule has 0 saturated heterocycles. The van der Waals surface area contributed by atoms with E-state index in [1.54, 1.807) is 12.1 Å². The number of nitrogens with one attached hydrogen (secondary N) is 2. The van der Waals surface area contributed by atoms with Crippen molar-refractivity contribution in [1.29, 1.82) is 0 Å². The van der Waals surface area contributed by atoms with E-state index in [1.165, 1.54) is 19.5 Å². The number of hydrogen-bond acceptors (Lipinski definition) is 9. The summed E-state index contributed by atoms with van der Waals surface area (Å²) in [7, 11) is 1.51. The van der Waals surface area contributed by atoms with E-state index in [4.69, 9.17) is 16.3 Å². The number of aliphatic hydroxyl groups is 1. The molecule has 0 aliphatic heterocycles. The third kappa shape index (κ3) is 5.49. The minimum atomic E-state index is -0.470. The highest BCUT2D eigenvalue weighted by Crippen LogP contribution is 2.34. The molecule has 1 aliphatic rings. The van der Waals surface area contributed by atoms with Crippen molar-refractivity contribution >= 4 is 39.9 Å². The maximum Gasteiger partial charge on any atom is 0.282 e. The van der Waals surface area contributed by atoms with Crippen LogP contribution in [0.25, 0.3) is 11.1 Å². The zero-order valence-electron chi connectivity index (χ0n) is 18.5. The lowest BCUT2D eigenvalue weighted by molar-refractivity contribution is 0.0866. The van der Waals surface area contributed by atoms with Gasteiger partial charge in [0, 0.05) is 29.1 Å². The van der Waals surface area contributed by atoms with Gasteiger partial charge in [0.15, 0.2) is 0 Å². The molecule has 0 bridgehead atoms. The number of ether oxygens (including phenoxy) is 1. The van der Waals surface area contributed by atoms with Gasteiger partial charge in [0.05, 0.1) is 25.0 Å². The normalized spacial score (nSPS) is 17.8. The van der Waals surface area contributed by atoms with Gasteiger partial charge in [0.25, 0.3) is 11.8 Å². The minimum absolute atomic E-state index is 0.0128. The van der Waals surface area contributed by atoms with Crippen molar-refractivity contribution in [2.24, 2.45) is 0 Å². The molecule has 4 rings (SSSR count). The molecule has 0 spiro atoms. The maximum atomic E-state index is 13.1. The first kappa shape index (κ1) is 24.0. The molecule has 3 aromatic heterocycles. The van der Waals surface area contributed by atoms with E-state index < -0.39 is 5.91 Å². The largest absolute Gasteiger partial charge is 0.494 e. The van der Waals surface area contributed by atoms with Gasteiger partial charge in [0.2, 0.25) is 10.1 Å². The molecule has 3 heterocycles. The molecule has 1 aliphatic carbocycles. The van der Waals surface area contributed by atoms with Gasteiger partial charge in [-0.3, -0.25) is 19.9 Å². The number of pyridine rings is 2. The summed E-state index contributed by atoms with van der Waals surface area (Å²) >= 11 is 7.06. The number of rotatable bonds is 6. The highest BCUT2D eigenvalue weighted by Gasteiger charge is 2.24. The molecule has 34 heavy (non-hydrogen) atoms. The van der Waals surface area contributed by atoms with Crippen LogP contribution in [0.1, 0.15) is 51.5 Å². The quantitative estimate of drug-likeness (QED) is 0.436. The smallest absolute Gasteiger partial charge is 0.282 e. The Morgan fingerprint density at radius 3 is 2.59 bits per heavy atom. The average molecular weight is 503 g/mol. The highest BCUT2D eigenvalue weighted by molar-refractivity contribution is 7.17. The number of carbonyl (C=O) groups excluding carboxylic acids is 2. The Bertz CT molecular complexity index is 1210. The molecule has 178 valence electrons. The van der Waals surface area contributed by atoms with Gasteiger partial charge in [-0.05, 0) is 44.7 Å². The van der Waals surface area contributed by atoms with Crippen LogP contribution in [0.15, 0.2) is 24.5 Å². The first-order chi connectivity index (χ1) is 16.3. The van der Waals surface area contributed by atoms with Crippen LogP contribution in [0.2, 0.25) is 5.15 Å². The molecular formula is C22H23ClN6O4S. The number of carbonyl (C=O) groups is 2. The number of aryl methyl sites for hydroxylation is 1. The lowest BCUT2D eigenvalue weighted by atomic mass is 9.93. The van der Waals surface area contributed by atoms with Crippen molar-refractivity contribution in [2.45, 2.75) is 44.8 Å². The zero-order chi connectivity index (χ0) is 24.2. The van der Waals surface area contributed by atoms with E-state index in [0.29, 0.717) is 48.3 Å². The highest BCUT2D eigenvalue weighted by atomic mass is 35.5. The van der Waals surface area contributed by atoms with Crippen molar-refractivity contribution in [1.82, 2.24) is 25.5 Å². The van der Waals surface area contributed by atoms with Gasteiger partial charge in [-0.2, -0.15) is 0 Å². The Morgan fingerprint density at radius 2 is 1.85 bits per heavy atom. The standard InChI is InChI=1S/C22H23ClN6O4S/c1-11-7-14(15-8-18(23)25-10-17(15)33-2)16(9-24-11)19(31)27-22-29-28-21(34-22)20(32)26-12-3-5-13(30)6-4-12/h7-10,12-13,30H,3-6H2,1-2H3,(H,26,32)(H,27,29,31). The van der Waals surface area contributed by atoms with E-state index in [1.807, 2.05) is 6.92 Å². The lowest BCUT2D eigenvalue weighted by Gasteiger charge is -2.25. The van der Waals surface area contributed by atoms with E-state index in [0.717, 1.165) is 11.3 Å². The van der Waals surface area contributed by atoms with Crippen LogP contribution < -0.4 is 15.4 Å². The van der Waals surface area contributed by atoms with Crippen molar-refractivity contribution in [3.05, 3.63) is 45.9 Å². The summed E-state index contributed by atoms with van der Waals surface area (Å²) in [6.45, 7) is 1.81. The molecule has 1 fully saturated rings. The number of nitrogens with zero attached hydrogens (tertiary/aromatic N) is 4. The van der Waals surface area contributed by atoms with E-state index >= 15 is 0 Å². The fourth-order valence-electron chi connectivity index (χ4n) is 3.75. The predicted molar refractivity (Wildman–Crippen MR) is 127 cm³/mol. The van der Waals surface area contributed by atoms with Crippen molar-refractivity contribution in [3.63, 3.8) is 0 Å². The van der Waals surface area contributed by atoms with Gasteiger partial charge in [-0.25, -0.2) is 4.98 Å². The molecular weight excluding hydrogens is 480 g/mol. The van der Waals surface area contributed by atoms with Gasteiger partial charge in [-0.15, -0.1) is 10.2 Å². The van der Waals surface area contributed by atoms with Gasteiger partial charge in [0.1, 0.15) is 10.9 Å². The van der Waals surface area contributed by atoms with Crippen molar-refractivity contribution < 1.29 is 19.4 Å². The summed E-state index contributed by atoms with van der Waals surface area (Å²) in [4.78, 5) is 33.9. The van der Waals surface area contributed by atoms with Crippen LogP contribution in [0.4, 0.5) is 5.13 Å². The SMILES string of the molecule is COc1cnc(Cl)cc1-c1cc(C)ncc1C(=O)Nc1nnc(C(=O)NC2CCC(O)CC2)s1. The average Bonchev–Trinajstić information content (AvgIpc) is 3.29. The topological polar surface area (TPSA) is 139 Å². The second kappa shape index (κ2) is 10.4. The van der Waals surface area contributed by atoms with Gasteiger partial charge < -0.3 is 15.2 Å². The van der Waals surface area contributed by atoms with Crippen LogP contribution in [-0.4, -0.2) is 56.3 Å². The summed E-state index contributed by atoms with van der Waals surface area (Å²) in [5.41, 5.74) is 2.13. The summed E-state index contributed by atoms with van der Waals surface area (Å²) < 4.78 is 5.39. The van der Waals surface area contributed by atoms with Crippen LogP contribution in [0, 0.1) is 6.92 Å². The fraction of sp³-hybridized carbons (Fsp3) is 0.364. The molecule has 10 nitrogen and oxygen atoms in total. The summed E-state index contributed by atoms with van der Waals surface area (Å²) in [6.07, 6.45) is 5.37. The number of aromatic nitrogens is 4. The maximum absolute atomic E-state index is 13.1. The van der Waals surface area contributed by atoms with E-state index in [2.05, 4.69) is 30.8 Å². The summed E-state index contributed by atoms with van der Waals surface area (Å²) in [5, 5.41) is 23.6. The molecule has 2 amide bonds. The zero-order valence-corrected chi connectivity index (χ0v) is 20.1. The number of anilines is 1. The Kier molecular flexibility index (Phi) is 7.35. The first-order valence-corrected chi connectivity index (χ1v) is 11.8. The van der Waals surface area contributed by atoms with Gasteiger partial charge in [-0.1, -0.05) is 22.9 Å². The molecule has 0 atom stereocenters. The third-order valence-corrected chi connectivity index (χ3v) is 6.55. The summed E-state index contributed by atoms with van der Waals surface area (Å²) in [5.74, 6) is -0.371. The monoisotopic (exact) mass is 502 g/mol. The first-order valence-electron chi connectivity index (χ1n) is 10.6. The molecule has 0 aromatic carbocycles. The molecule has 3 N–H and O–H groups in total. The minimum Gasteiger partial charge on any atom is -0.494 e. The Balaban J connectivity index is 1.52. The Morgan fingerprint density at radius 1 is 1.09 bits per heavy atom. The van der Waals surface area contributed by atoms with E-state index in [9.17, 15) is 14.7 Å². The fourth-order valence-corrected chi connectivity index (χ4v) is 4.55. The number of methoxy groups -OCH3 is 1. The van der Waals surface area contributed by atoms with Crippen molar-refractivity contribution in [2.75, 3.05) is 12.4 Å². The molecule has 0 unspecified atom stereocenters. The number of hydrogen-bond donors (Lipinski definition) is 3. The van der Waals surface area contributed by atoms with Crippen LogP contribution in [0.3, 0.4) is 0 Å². The molecule has 1 saturated carbocycles. The van der Waals surface area contributed by atoms with Crippen LogP contribution >= 0.6 is 22.9 Å². The number of halogens is 1. The lowest BCUT2D eigenvalue weighted by Crippen LogP contribution is -2.38. The third-order valence-electron chi connectivity index (χ3n) is 5.50.